The van der Waals surface area contributed by atoms with Crippen LogP contribution in [0.15, 0.2) is 0 Å². The molecule has 0 aliphatic heterocycles. The SMILES string of the molecule is CC(C)COC(=O)N(C)C(C)CC(=N)N. The summed E-state index contributed by atoms with van der Waals surface area (Å²) in [6, 6.07) is -0.109. The first kappa shape index (κ1) is 13.7. The molecule has 0 heterocycles. The molecule has 15 heavy (non-hydrogen) atoms. The van der Waals surface area contributed by atoms with Crippen molar-refractivity contribution < 1.29 is 9.53 Å². The van der Waals surface area contributed by atoms with Crippen molar-refractivity contribution in [3.63, 3.8) is 0 Å². The van der Waals surface area contributed by atoms with E-state index in [2.05, 4.69) is 0 Å². The maximum atomic E-state index is 11.5. The summed E-state index contributed by atoms with van der Waals surface area (Å²) in [5, 5.41) is 7.13. The Morgan fingerprint density at radius 2 is 2.00 bits per heavy atom. The van der Waals surface area contributed by atoms with E-state index in [1.165, 1.54) is 4.90 Å². The van der Waals surface area contributed by atoms with Gasteiger partial charge in [-0.2, -0.15) is 0 Å². The molecular formula is C10H21N3O2. The second kappa shape index (κ2) is 6.27. The van der Waals surface area contributed by atoms with Crippen LogP contribution < -0.4 is 5.73 Å². The molecule has 88 valence electrons. The number of ether oxygens (including phenoxy) is 1. The van der Waals surface area contributed by atoms with Gasteiger partial charge in [0.2, 0.25) is 0 Å². The normalized spacial score (nSPS) is 12.3. The average molecular weight is 215 g/mol. The lowest BCUT2D eigenvalue weighted by atomic mass is 10.2. The summed E-state index contributed by atoms with van der Waals surface area (Å²) in [4.78, 5) is 12.9. The molecule has 0 aromatic heterocycles. The van der Waals surface area contributed by atoms with E-state index in [1.54, 1.807) is 7.05 Å². The zero-order chi connectivity index (χ0) is 12.0. The summed E-state index contributed by atoms with van der Waals surface area (Å²) in [5.41, 5.74) is 5.26. The van der Waals surface area contributed by atoms with Crippen LogP contribution in [-0.2, 0) is 4.74 Å². The van der Waals surface area contributed by atoms with Crippen LogP contribution in [0.4, 0.5) is 4.79 Å². The fourth-order valence-electron chi connectivity index (χ4n) is 0.975. The summed E-state index contributed by atoms with van der Waals surface area (Å²) in [6.07, 6.45) is 0.00486. The van der Waals surface area contributed by atoms with Crippen molar-refractivity contribution in [1.82, 2.24) is 4.90 Å². The van der Waals surface area contributed by atoms with E-state index < -0.39 is 0 Å². The molecular weight excluding hydrogens is 194 g/mol. The fraction of sp³-hybridized carbons (Fsp3) is 0.800. The lowest BCUT2D eigenvalue weighted by Crippen LogP contribution is -2.38. The van der Waals surface area contributed by atoms with E-state index in [1.807, 2.05) is 20.8 Å². The third kappa shape index (κ3) is 5.93. The molecule has 0 saturated heterocycles. The van der Waals surface area contributed by atoms with Gasteiger partial charge in [0, 0.05) is 19.5 Å². The molecule has 0 aromatic rings. The van der Waals surface area contributed by atoms with Crippen LogP contribution in [0.1, 0.15) is 27.2 Å². The first-order chi connectivity index (χ1) is 6.84. The van der Waals surface area contributed by atoms with Gasteiger partial charge >= 0.3 is 6.09 Å². The van der Waals surface area contributed by atoms with Crippen LogP contribution >= 0.6 is 0 Å². The van der Waals surface area contributed by atoms with E-state index in [4.69, 9.17) is 15.9 Å². The molecule has 0 radical (unpaired) electrons. The zero-order valence-corrected chi connectivity index (χ0v) is 9.91. The van der Waals surface area contributed by atoms with Crippen molar-refractivity contribution in [1.29, 1.82) is 5.41 Å². The number of rotatable bonds is 5. The molecule has 0 aromatic carbocycles. The van der Waals surface area contributed by atoms with Gasteiger partial charge in [-0.1, -0.05) is 13.8 Å². The third-order valence-corrected chi connectivity index (χ3v) is 2.00. The molecule has 5 nitrogen and oxygen atoms in total. The lowest BCUT2D eigenvalue weighted by molar-refractivity contribution is 0.0903. The smallest absolute Gasteiger partial charge is 0.409 e. The maximum Gasteiger partial charge on any atom is 0.409 e. The standard InChI is InChI=1S/C10H21N3O2/c1-7(2)6-15-10(14)13(4)8(3)5-9(11)12/h7-8H,5-6H2,1-4H3,(H3,11,12). The van der Waals surface area contributed by atoms with E-state index in [-0.39, 0.29) is 18.0 Å². The van der Waals surface area contributed by atoms with E-state index >= 15 is 0 Å². The number of amides is 1. The van der Waals surface area contributed by atoms with Crippen LogP contribution in [0.25, 0.3) is 0 Å². The average Bonchev–Trinajstić information content (AvgIpc) is 2.11. The quantitative estimate of drug-likeness (QED) is 0.537. The molecule has 0 spiro atoms. The van der Waals surface area contributed by atoms with Crippen molar-refractivity contribution in [2.75, 3.05) is 13.7 Å². The highest BCUT2D eigenvalue weighted by atomic mass is 16.6. The van der Waals surface area contributed by atoms with Crippen LogP contribution in [0.3, 0.4) is 0 Å². The molecule has 5 heteroatoms. The number of hydrogen-bond acceptors (Lipinski definition) is 3. The van der Waals surface area contributed by atoms with Crippen LogP contribution in [0.2, 0.25) is 0 Å². The zero-order valence-electron chi connectivity index (χ0n) is 9.91. The second-order valence-corrected chi connectivity index (χ2v) is 4.16. The number of nitrogens with zero attached hydrogens (tertiary/aromatic N) is 1. The summed E-state index contributed by atoms with van der Waals surface area (Å²) in [5.74, 6) is 0.400. The molecule has 0 rings (SSSR count). The highest BCUT2D eigenvalue weighted by molar-refractivity contribution is 5.78. The van der Waals surface area contributed by atoms with Crippen LogP contribution in [0, 0.1) is 11.3 Å². The monoisotopic (exact) mass is 215 g/mol. The Labute approximate surface area is 91.1 Å². The predicted molar refractivity (Wildman–Crippen MR) is 59.9 cm³/mol. The van der Waals surface area contributed by atoms with E-state index in [0.29, 0.717) is 18.9 Å². The van der Waals surface area contributed by atoms with Crippen molar-refractivity contribution in [2.45, 2.75) is 33.2 Å². The largest absolute Gasteiger partial charge is 0.449 e. The van der Waals surface area contributed by atoms with Gasteiger partial charge in [0.15, 0.2) is 0 Å². The molecule has 3 N–H and O–H groups in total. The molecule has 0 aliphatic carbocycles. The van der Waals surface area contributed by atoms with E-state index in [0.717, 1.165) is 0 Å². The minimum absolute atomic E-state index is 0.0750. The number of nitrogens with one attached hydrogen (secondary N) is 1. The van der Waals surface area contributed by atoms with Gasteiger partial charge < -0.3 is 15.4 Å². The van der Waals surface area contributed by atoms with Crippen molar-refractivity contribution >= 4 is 11.9 Å². The first-order valence-electron chi connectivity index (χ1n) is 5.07. The van der Waals surface area contributed by atoms with Crippen LogP contribution in [0.5, 0.6) is 0 Å². The highest BCUT2D eigenvalue weighted by Gasteiger charge is 2.17. The first-order valence-corrected chi connectivity index (χ1v) is 5.07. The summed E-state index contributed by atoms with van der Waals surface area (Å²) in [7, 11) is 1.65. The molecule has 0 saturated carbocycles. The summed E-state index contributed by atoms with van der Waals surface area (Å²) < 4.78 is 5.04. The third-order valence-electron chi connectivity index (χ3n) is 2.00. The Kier molecular flexibility index (Phi) is 5.74. The minimum atomic E-state index is -0.363. The molecule has 0 aliphatic rings. The van der Waals surface area contributed by atoms with Gasteiger partial charge in [-0.3, -0.25) is 5.41 Å². The van der Waals surface area contributed by atoms with Gasteiger partial charge in [-0.05, 0) is 12.8 Å². The number of carbonyl (C=O) groups excluding carboxylic acids is 1. The topological polar surface area (TPSA) is 79.4 Å². The Morgan fingerprint density at radius 1 is 1.47 bits per heavy atom. The number of carbonyl (C=O) groups is 1. The van der Waals surface area contributed by atoms with Crippen LogP contribution in [-0.4, -0.2) is 36.5 Å². The van der Waals surface area contributed by atoms with Crippen molar-refractivity contribution in [3.05, 3.63) is 0 Å². The van der Waals surface area contributed by atoms with Gasteiger partial charge in [0.05, 0.1) is 12.4 Å². The summed E-state index contributed by atoms with van der Waals surface area (Å²) in [6.45, 7) is 6.20. The molecule has 0 fully saturated rings. The molecule has 0 bridgehead atoms. The molecule has 1 atom stereocenters. The Bertz CT molecular complexity index is 229. The number of nitrogens with two attached hydrogens (primary N) is 1. The second-order valence-electron chi connectivity index (χ2n) is 4.16. The Hall–Kier alpha value is -1.26. The predicted octanol–water partition coefficient (Wildman–Crippen LogP) is 1.43. The van der Waals surface area contributed by atoms with Gasteiger partial charge in [0.25, 0.3) is 0 Å². The van der Waals surface area contributed by atoms with Crippen molar-refractivity contribution in [2.24, 2.45) is 11.7 Å². The van der Waals surface area contributed by atoms with E-state index in [9.17, 15) is 4.79 Å². The Morgan fingerprint density at radius 3 is 2.40 bits per heavy atom. The minimum Gasteiger partial charge on any atom is -0.449 e. The number of amidine groups is 1. The van der Waals surface area contributed by atoms with Gasteiger partial charge in [-0.25, -0.2) is 4.79 Å². The van der Waals surface area contributed by atoms with Gasteiger partial charge in [-0.15, -0.1) is 0 Å². The Balaban J connectivity index is 4.01. The molecule has 1 unspecified atom stereocenters. The fourth-order valence-corrected chi connectivity index (χ4v) is 0.975. The summed E-state index contributed by atoms with van der Waals surface area (Å²) >= 11 is 0. The highest BCUT2D eigenvalue weighted by Crippen LogP contribution is 2.04. The lowest BCUT2D eigenvalue weighted by Gasteiger charge is -2.24. The number of hydrogen-bond donors (Lipinski definition) is 2. The van der Waals surface area contributed by atoms with Gasteiger partial charge in [0.1, 0.15) is 0 Å². The van der Waals surface area contributed by atoms with Crippen molar-refractivity contribution in [3.8, 4) is 0 Å². The molecule has 1 amide bonds. The maximum absolute atomic E-state index is 11.5.